The molecule has 2 saturated carbocycles. The standard InChI is InChI=1S/C24H28FN3OS/c1-2-3-21(24(14-15-24)30-20-10-6-18(25)7-11-20)27-22(26)17-4-8-19(9-5-17)28-23(16-29)12-13-23/h3-11,28-29H,2,12-16H2,1H3,(H2,26,27)/b21-3-. The van der Waals surface area contributed by atoms with Crippen LogP contribution in [0.2, 0.25) is 0 Å². The highest BCUT2D eigenvalue weighted by Crippen LogP contribution is 2.57. The number of thioether (sulfide) groups is 1. The molecule has 0 aromatic heterocycles. The lowest BCUT2D eigenvalue weighted by Crippen LogP contribution is -2.25. The van der Waals surface area contributed by atoms with Crippen LogP contribution in [0.25, 0.3) is 0 Å². The number of aliphatic hydroxyl groups excluding tert-OH is 1. The van der Waals surface area contributed by atoms with E-state index in [4.69, 9.17) is 10.7 Å². The fourth-order valence-electron chi connectivity index (χ4n) is 3.48. The van der Waals surface area contributed by atoms with Gasteiger partial charge in [0.05, 0.1) is 22.6 Å². The molecule has 2 aliphatic carbocycles. The van der Waals surface area contributed by atoms with Gasteiger partial charge in [-0.1, -0.05) is 13.0 Å². The summed E-state index contributed by atoms with van der Waals surface area (Å²) in [5.74, 6) is 0.274. The van der Waals surface area contributed by atoms with Gasteiger partial charge in [0.25, 0.3) is 0 Å². The smallest absolute Gasteiger partial charge is 0.130 e. The SMILES string of the molecule is CC/C=C(\N=C(N)c1ccc(NC2(CO)CC2)cc1)C1(Sc2ccc(F)cc2)CC1. The normalized spacial score (nSPS) is 19.4. The van der Waals surface area contributed by atoms with E-state index in [0.29, 0.717) is 5.84 Å². The van der Waals surface area contributed by atoms with Crippen LogP contribution in [-0.4, -0.2) is 27.8 Å². The number of amidine groups is 1. The largest absolute Gasteiger partial charge is 0.394 e. The minimum Gasteiger partial charge on any atom is -0.394 e. The molecule has 0 spiro atoms. The Morgan fingerprint density at radius 3 is 2.33 bits per heavy atom. The van der Waals surface area contributed by atoms with Crippen LogP contribution in [0.5, 0.6) is 0 Å². The first-order valence-electron chi connectivity index (χ1n) is 10.5. The van der Waals surface area contributed by atoms with Crippen molar-refractivity contribution >= 4 is 23.3 Å². The summed E-state index contributed by atoms with van der Waals surface area (Å²) in [5.41, 5.74) is 9.08. The van der Waals surface area contributed by atoms with Crippen LogP contribution >= 0.6 is 11.8 Å². The van der Waals surface area contributed by atoms with Crippen molar-refractivity contribution in [2.45, 2.75) is 54.2 Å². The summed E-state index contributed by atoms with van der Waals surface area (Å²) in [6, 6.07) is 14.5. The highest BCUT2D eigenvalue weighted by atomic mass is 32.2. The topological polar surface area (TPSA) is 70.6 Å². The molecule has 2 fully saturated rings. The molecule has 0 heterocycles. The predicted octanol–water partition coefficient (Wildman–Crippen LogP) is 5.09. The minimum atomic E-state index is -0.222. The lowest BCUT2D eigenvalue weighted by Gasteiger charge is -2.18. The number of aliphatic imine (C=N–C) groups is 1. The molecule has 2 aromatic carbocycles. The number of allylic oxidation sites excluding steroid dienone is 1. The van der Waals surface area contributed by atoms with Crippen LogP contribution in [0.3, 0.4) is 0 Å². The number of rotatable bonds is 9. The molecule has 2 aromatic rings. The van der Waals surface area contributed by atoms with Crippen molar-refractivity contribution in [2.75, 3.05) is 11.9 Å². The quantitative estimate of drug-likeness (QED) is 0.387. The van der Waals surface area contributed by atoms with Crippen LogP contribution in [0, 0.1) is 5.82 Å². The van der Waals surface area contributed by atoms with Crippen molar-refractivity contribution in [3.8, 4) is 0 Å². The molecule has 2 aliphatic rings. The van der Waals surface area contributed by atoms with Gasteiger partial charge in [0.2, 0.25) is 0 Å². The molecule has 0 atom stereocenters. The number of nitrogens with one attached hydrogen (secondary N) is 1. The summed E-state index contributed by atoms with van der Waals surface area (Å²) in [5, 5.41) is 12.9. The number of nitrogens with two attached hydrogens (primary N) is 1. The van der Waals surface area contributed by atoms with Crippen LogP contribution in [0.1, 0.15) is 44.6 Å². The highest BCUT2D eigenvalue weighted by Gasteiger charge is 2.47. The summed E-state index contributed by atoms with van der Waals surface area (Å²) in [7, 11) is 0. The van der Waals surface area contributed by atoms with Gasteiger partial charge in [-0.2, -0.15) is 0 Å². The van der Waals surface area contributed by atoms with Crippen molar-refractivity contribution in [2.24, 2.45) is 10.7 Å². The first kappa shape index (κ1) is 20.9. The maximum atomic E-state index is 13.2. The third kappa shape index (κ3) is 4.71. The molecule has 4 nitrogen and oxygen atoms in total. The van der Waals surface area contributed by atoms with Gasteiger partial charge in [-0.25, -0.2) is 9.38 Å². The number of hydrogen-bond donors (Lipinski definition) is 3. The minimum absolute atomic E-state index is 0.0839. The second-order valence-corrected chi connectivity index (χ2v) is 9.64. The Hall–Kier alpha value is -2.31. The number of halogens is 1. The van der Waals surface area contributed by atoms with Gasteiger partial charge in [0.15, 0.2) is 0 Å². The van der Waals surface area contributed by atoms with Crippen LogP contribution in [0.4, 0.5) is 10.1 Å². The molecule has 0 amide bonds. The average molecular weight is 426 g/mol. The zero-order valence-electron chi connectivity index (χ0n) is 17.2. The van der Waals surface area contributed by atoms with Crippen LogP contribution in [-0.2, 0) is 0 Å². The molecule has 0 unspecified atom stereocenters. The summed E-state index contributed by atoms with van der Waals surface area (Å²) in [4.78, 5) is 5.86. The van der Waals surface area contributed by atoms with E-state index in [1.54, 1.807) is 11.8 Å². The van der Waals surface area contributed by atoms with E-state index < -0.39 is 0 Å². The predicted molar refractivity (Wildman–Crippen MR) is 122 cm³/mol. The second-order valence-electron chi connectivity index (χ2n) is 8.19. The van der Waals surface area contributed by atoms with Crippen molar-refractivity contribution in [3.63, 3.8) is 0 Å². The van der Waals surface area contributed by atoms with Crippen LogP contribution < -0.4 is 11.1 Å². The second kappa shape index (κ2) is 8.44. The van der Waals surface area contributed by atoms with E-state index in [1.165, 1.54) is 12.1 Å². The number of anilines is 1. The van der Waals surface area contributed by atoms with Crippen molar-refractivity contribution in [1.29, 1.82) is 0 Å². The van der Waals surface area contributed by atoms with Crippen LogP contribution in [0.15, 0.2) is 70.2 Å². The monoisotopic (exact) mass is 425 g/mol. The third-order valence-electron chi connectivity index (χ3n) is 5.68. The maximum absolute atomic E-state index is 13.2. The molecule has 0 radical (unpaired) electrons. The van der Waals surface area contributed by atoms with Gasteiger partial charge >= 0.3 is 0 Å². The van der Waals surface area contributed by atoms with Crippen molar-refractivity contribution in [1.82, 2.24) is 0 Å². The van der Waals surface area contributed by atoms with Gasteiger partial charge in [-0.05, 0) is 80.6 Å². The van der Waals surface area contributed by atoms with Gasteiger partial charge in [0.1, 0.15) is 11.7 Å². The maximum Gasteiger partial charge on any atom is 0.130 e. The van der Waals surface area contributed by atoms with E-state index in [2.05, 4.69) is 18.3 Å². The molecule has 0 aliphatic heterocycles. The summed E-state index contributed by atoms with van der Waals surface area (Å²) >= 11 is 1.74. The molecular weight excluding hydrogens is 397 g/mol. The molecule has 0 saturated heterocycles. The van der Waals surface area contributed by atoms with E-state index >= 15 is 0 Å². The highest BCUT2D eigenvalue weighted by molar-refractivity contribution is 8.01. The Kier molecular flexibility index (Phi) is 5.89. The van der Waals surface area contributed by atoms with E-state index in [9.17, 15) is 9.50 Å². The Morgan fingerprint density at radius 2 is 1.80 bits per heavy atom. The average Bonchev–Trinajstić information content (AvgIpc) is 3.68. The number of aliphatic hydroxyl groups is 1. The first-order valence-corrected chi connectivity index (χ1v) is 11.3. The van der Waals surface area contributed by atoms with Gasteiger partial charge < -0.3 is 16.2 Å². The number of benzene rings is 2. The van der Waals surface area contributed by atoms with Gasteiger partial charge in [0, 0.05) is 16.1 Å². The summed E-state index contributed by atoms with van der Waals surface area (Å²) in [6.07, 6.45) is 7.07. The molecule has 30 heavy (non-hydrogen) atoms. The van der Waals surface area contributed by atoms with Crippen molar-refractivity contribution in [3.05, 3.63) is 71.7 Å². The summed E-state index contributed by atoms with van der Waals surface area (Å²) < 4.78 is 13.2. The van der Waals surface area contributed by atoms with Crippen molar-refractivity contribution < 1.29 is 9.50 Å². The lowest BCUT2D eigenvalue weighted by molar-refractivity contribution is 0.266. The van der Waals surface area contributed by atoms with E-state index in [1.807, 2.05) is 36.4 Å². The molecule has 0 bridgehead atoms. The lowest BCUT2D eigenvalue weighted by atomic mass is 10.1. The van der Waals surface area contributed by atoms with Gasteiger partial charge in [-0.15, -0.1) is 11.8 Å². The molecule has 6 heteroatoms. The Bertz CT molecular complexity index is 945. The molecule has 158 valence electrons. The zero-order chi connectivity index (χ0) is 21.2. The first-order chi connectivity index (χ1) is 14.5. The number of nitrogens with zero attached hydrogens (tertiary/aromatic N) is 1. The zero-order valence-corrected chi connectivity index (χ0v) is 18.0. The summed E-state index contributed by atoms with van der Waals surface area (Å²) in [6.45, 7) is 2.25. The molecule has 4 N–H and O–H groups in total. The molecule has 4 rings (SSSR count). The Balaban J connectivity index is 1.50. The molecular formula is C24H28FN3OS. The fraction of sp³-hybridized carbons (Fsp3) is 0.375. The van der Waals surface area contributed by atoms with E-state index in [0.717, 1.165) is 53.9 Å². The Labute approximate surface area is 181 Å². The number of hydrogen-bond acceptors (Lipinski definition) is 4. The van der Waals surface area contributed by atoms with Gasteiger partial charge in [-0.3, -0.25) is 0 Å². The fourth-order valence-corrected chi connectivity index (χ4v) is 4.74. The van der Waals surface area contributed by atoms with E-state index in [-0.39, 0.29) is 22.7 Å². The third-order valence-corrected chi connectivity index (χ3v) is 7.20. The Morgan fingerprint density at radius 1 is 1.13 bits per heavy atom.